The van der Waals surface area contributed by atoms with Crippen molar-refractivity contribution >= 4 is 89.5 Å². The molecular weight excluding hydrogens is 701 g/mol. The molecule has 0 unspecified atom stereocenters. The Morgan fingerprint density at radius 1 is 0.310 bits per heavy atom. The monoisotopic (exact) mass is 740 g/mol. The molecule has 0 radical (unpaired) electrons. The Balaban J connectivity index is 1.18. The van der Waals surface area contributed by atoms with E-state index in [9.17, 15) is 0 Å². The Morgan fingerprint density at radius 3 is 1.10 bits per heavy atom. The number of nitrogens with zero attached hydrogens (tertiary/aromatic N) is 2. The molecule has 0 saturated heterocycles. The first-order chi connectivity index (χ1) is 28.6. The third-order valence-electron chi connectivity index (χ3n) is 11.8. The summed E-state index contributed by atoms with van der Waals surface area (Å²) < 4.78 is 4.99. The number of aromatic nitrogens is 2. The van der Waals surface area contributed by atoms with Crippen LogP contribution < -0.4 is 0 Å². The van der Waals surface area contributed by atoms with Crippen molar-refractivity contribution in [3.8, 4) is 11.4 Å². The second-order valence-corrected chi connectivity index (χ2v) is 15.6. The fourth-order valence-electron chi connectivity index (χ4n) is 8.84. The number of hydrogen-bond donors (Lipinski definition) is 0. The summed E-state index contributed by atoms with van der Waals surface area (Å²) in [5.74, 6) is 0. The van der Waals surface area contributed by atoms with Gasteiger partial charge >= 0.3 is 0 Å². The molecule has 0 aliphatic rings. The highest BCUT2D eigenvalue weighted by atomic mass is 15.0. The van der Waals surface area contributed by atoms with Gasteiger partial charge in [-0.25, -0.2) is 0 Å². The highest BCUT2D eigenvalue weighted by Gasteiger charge is 2.21. The predicted octanol–water partition coefficient (Wildman–Crippen LogP) is 15.1. The first-order valence-electron chi connectivity index (χ1n) is 20.1. The van der Waals surface area contributed by atoms with Crippen LogP contribution in [0.15, 0.2) is 182 Å². The van der Waals surface area contributed by atoms with Gasteiger partial charge in [0.15, 0.2) is 0 Å². The van der Waals surface area contributed by atoms with Crippen molar-refractivity contribution in [2.75, 3.05) is 0 Å². The van der Waals surface area contributed by atoms with Crippen LogP contribution in [0.1, 0.15) is 33.4 Å². The van der Waals surface area contributed by atoms with Crippen LogP contribution in [0, 0.1) is 13.8 Å². The molecule has 0 fully saturated rings. The molecule has 0 spiro atoms. The molecule has 0 aliphatic heterocycles. The lowest BCUT2D eigenvalue weighted by molar-refractivity contribution is 1.17. The van der Waals surface area contributed by atoms with Crippen LogP contribution in [0.3, 0.4) is 0 Å². The van der Waals surface area contributed by atoms with Crippen molar-refractivity contribution in [1.29, 1.82) is 0 Å². The Bertz CT molecular complexity index is 3180. The Morgan fingerprint density at radius 2 is 0.690 bits per heavy atom. The zero-order valence-electron chi connectivity index (χ0n) is 32.5. The van der Waals surface area contributed by atoms with Gasteiger partial charge in [0.2, 0.25) is 0 Å². The van der Waals surface area contributed by atoms with Crippen LogP contribution in [0.4, 0.5) is 0 Å². The van der Waals surface area contributed by atoms with E-state index >= 15 is 0 Å². The summed E-state index contributed by atoms with van der Waals surface area (Å²) >= 11 is 0. The molecule has 0 atom stereocenters. The highest BCUT2D eigenvalue weighted by molar-refractivity contribution is 6.25. The third-order valence-corrected chi connectivity index (χ3v) is 11.8. The fraction of sp³-hybridized carbons (Fsp3) is 0.0357. The van der Waals surface area contributed by atoms with E-state index in [1.165, 1.54) is 98.5 Å². The summed E-state index contributed by atoms with van der Waals surface area (Å²) in [6.45, 7) is 4.32. The van der Waals surface area contributed by atoms with Gasteiger partial charge in [-0.2, -0.15) is 0 Å². The molecule has 274 valence electrons. The maximum absolute atomic E-state index is 2.49. The van der Waals surface area contributed by atoms with Crippen LogP contribution >= 0.6 is 0 Å². The lowest BCUT2D eigenvalue weighted by atomic mass is 10.0. The van der Waals surface area contributed by atoms with Crippen molar-refractivity contribution in [3.05, 3.63) is 215 Å². The molecule has 2 heteroatoms. The van der Waals surface area contributed by atoms with Gasteiger partial charge in [-0.15, -0.1) is 0 Å². The van der Waals surface area contributed by atoms with Crippen LogP contribution in [0.5, 0.6) is 0 Å². The van der Waals surface area contributed by atoms with Crippen molar-refractivity contribution in [2.45, 2.75) is 13.8 Å². The smallest absolute Gasteiger partial charge is 0.0619 e. The summed E-state index contributed by atoms with van der Waals surface area (Å²) in [7, 11) is 0. The van der Waals surface area contributed by atoms with Crippen molar-refractivity contribution in [2.24, 2.45) is 0 Å². The summed E-state index contributed by atoms with van der Waals surface area (Å²) in [4.78, 5) is 0. The quantitative estimate of drug-likeness (QED) is 0.150. The molecule has 11 aromatic rings. The van der Waals surface area contributed by atoms with Gasteiger partial charge in [0.05, 0.1) is 22.1 Å². The second kappa shape index (κ2) is 13.7. The molecule has 58 heavy (non-hydrogen) atoms. The number of rotatable bonds is 6. The lowest BCUT2D eigenvalue weighted by Crippen LogP contribution is -1.95. The fourth-order valence-corrected chi connectivity index (χ4v) is 8.84. The number of fused-ring (bicyclic) bond motifs is 10. The molecule has 0 N–H and O–H groups in total. The average Bonchev–Trinajstić information content (AvgIpc) is 3.77. The average molecular weight is 741 g/mol. The largest absolute Gasteiger partial charge is 0.309 e. The van der Waals surface area contributed by atoms with Crippen LogP contribution in [0.2, 0.25) is 0 Å². The van der Waals surface area contributed by atoms with Gasteiger partial charge in [0.1, 0.15) is 0 Å². The van der Waals surface area contributed by atoms with Crippen molar-refractivity contribution < 1.29 is 0 Å². The second-order valence-electron chi connectivity index (χ2n) is 15.6. The Labute approximate surface area is 337 Å². The standard InChI is InChI=1S/C56H40N2/c1-37-13-25-45(26-14-37)57-53-35-52-50-32-24-44-34-42(20-18-40-11-7-4-8-12-40)22-30-48(44)56(50)58(46-27-15-38(2)16-28-46)54(52)36-51(53)49-31-23-43-33-41(21-29-47(43)55(49)57)19-17-39-9-5-3-6-10-39/h3-36H,1-2H3/b19-17+,20-18+. The first kappa shape index (κ1) is 33.9. The maximum atomic E-state index is 2.49. The molecular formula is C56H40N2. The molecule has 0 aliphatic carbocycles. The normalized spacial score (nSPS) is 12.2. The van der Waals surface area contributed by atoms with Crippen LogP contribution in [-0.4, -0.2) is 9.13 Å². The number of benzene rings is 9. The molecule has 2 heterocycles. The van der Waals surface area contributed by atoms with Gasteiger partial charge in [-0.1, -0.05) is 169 Å². The molecule has 9 aromatic carbocycles. The molecule has 0 bridgehead atoms. The lowest BCUT2D eigenvalue weighted by Gasteiger charge is -2.11. The van der Waals surface area contributed by atoms with E-state index in [0.717, 1.165) is 11.4 Å². The molecule has 2 aromatic heterocycles. The topological polar surface area (TPSA) is 9.86 Å². The van der Waals surface area contributed by atoms with Gasteiger partial charge in [0, 0.05) is 43.7 Å². The molecule has 0 saturated carbocycles. The van der Waals surface area contributed by atoms with Crippen LogP contribution in [0.25, 0.3) is 101 Å². The summed E-state index contributed by atoms with van der Waals surface area (Å²) in [6, 6.07) is 66.9. The molecule has 2 nitrogen and oxygen atoms in total. The first-order valence-corrected chi connectivity index (χ1v) is 20.1. The highest BCUT2D eigenvalue weighted by Crippen LogP contribution is 2.43. The number of aryl methyl sites for hydroxylation is 2. The third kappa shape index (κ3) is 5.73. The van der Waals surface area contributed by atoms with Gasteiger partial charge in [-0.05, 0) is 95.4 Å². The van der Waals surface area contributed by atoms with Gasteiger partial charge < -0.3 is 9.13 Å². The maximum Gasteiger partial charge on any atom is 0.0619 e. The zero-order chi connectivity index (χ0) is 38.7. The summed E-state index contributed by atoms with van der Waals surface area (Å²) in [5, 5.41) is 9.91. The molecule has 0 amide bonds. The van der Waals surface area contributed by atoms with E-state index in [1.54, 1.807) is 0 Å². The summed E-state index contributed by atoms with van der Waals surface area (Å²) in [6.07, 6.45) is 8.80. The SMILES string of the molecule is Cc1ccc(-n2c3cc4c5ccc6cc(/C=C/c7ccccc7)ccc6c5n(-c5ccc(C)cc5)c4cc3c3ccc4cc(/C=C/c5ccccc5)ccc4c32)cc1. The van der Waals surface area contributed by atoms with E-state index in [0.29, 0.717) is 0 Å². The van der Waals surface area contributed by atoms with E-state index in [-0.39, 0.29) is 0 Å². The van der Waals surface area contributed by atoms with E-state index < -0.39 is 0 Å². The van der Waals surface area contributed by atoms with E-state index in [1.807, 2.05) is 0 Å². The van der Waals surface area contributed by atoms with Crippen molar-refractivity contribution in [3.63, 3.8) is 0 Å². The zero-order valence-corrected chi connectivity index (χ0v) is 32.5. The van der Waals surface area contributed by atoms with E-state index in [4.69, 9.17) is 0 Å². The van der Waals surface area contributed by atoms with E-state index in [2.05, 4.69) is 229 Å². The molecule has 11 rings (SSSR count). The Kier molecular flexibility index (Phi) is 7.97. The Hall–Kier alpha value is -7.42. The van der Waals surface area contributed by atoms with Crippen molar-refractivity contribution in [1.82, 2.24) is 9.13 Å². The minimum Gasteiger partial charge on any atom is -0.309 e. The van der Waals surface area contributed by atoms with Gasteiger partial charge in [-0.3, -0.25) is 0 Å². The minimum atomic E-state index is 1.16. The van der Waals surface area contributed by atoms with Crippen LogP contribution in [-0.2, 0) is 0 Å². The van der Waals surface area contributed by atoms with Gasteiger partial charge in [0.25, 0.3) is 0 Å². The summed E-state index contributed by atoms with van der Waals surface area (Å²) in [5.41, 5.74) is 14.5. The number of hydrogen-bond acceptors (Lipinski definition) is 0. The predicted molar refractivity (Wildman–Crippen MR) is 250 cm³/mol. The minimum absolute atomic E-state index is 1.16.